The zero-order chi connectivity index (χ0) is 15.2. The lowest BCUT2D eigenvalue weighted by atomic mass is 10.2. The number of thioether (sulfide) groups is 1. The van der Waals surface area contributed by atoms with Crippen molar-refractivity contribution >= 4 is 17.7 Å². The second kappa shape index (κ2) is 7.42. The maximum atomic E-state index is 11.8. The summed E-state index contributed by atoms with van der Waals surface area (Å²) in [6, 6.07) is 9.58. The molecule has 2 aromatic rings. The van der Waals surface area contributed by atoms with Gasteiger partial charge >= 0.3 is 0 Å². The van der Waals surface area contributed by atoms with Crippen LogP contribution in [0, 0.1) is 0 Å². The Kier molecular flexibility index (Phi) is 5.07. The minimum Gasteiger partial charge on any atom is -0.376 e. The standard InChI is InChI=1S/C15H17N3O3S/c19-13(16-9-12-7-4-8-20-12)10-22-15-17-14(18-21-15)11-5-2-1-3-6-11/h1-3,5-6,12H,4,7-10H2,(H,16,19). The topological polar surface area (TPSA) is 77.2 Å². The maximum Gasteiger partial charge on any atom is 0.286 e. The van der Waals surface area contributed by atoms with Gasteiger partial charge in [-0.2, -0.15) is 4.98 Å². The molecule has 1 aromatic heterocycles. The van der Waals surface area contributed by atoms with E-state index >= 15 is 0 Å². The number of benzene rings is 1. The van der Waals surface area contributed by atoms with Gasteiger partial charge in [0.05, 0.1) is 11.9 Å². The van der Waals surface area contributed by atoms with Gasteiger partial charge in [0, 0.05) is 18.7 Å². The van der Waals surface area contributed by atoms with Gasteiger partial charge < -0.3 is 14.6 Å². The molecule has 1 N–H and O–H groups in total. The summed E-state index contributed by atoms with van der Waals surface area (Å²) in [5, 5.41) is 7.17. The van der Waals surface area contributed by atoms with Crippen LogP contribution in [0.15, 0.2) is 40.1 Å². The average molecular weight is 319 g/mol. The van der Waals surface area contributed by atoms with Gasteiger partial charge in [0.1, 0.15) is 0 Å². The summed E-state index contributed by atoms with van der Waals surface area (Å²) >= 11 is 1.23. The summed E-state index contributed by atoms with van der Waals surface area (Å²) in [6.45, 7) is 1.36. The monoisotopic (exact) mass is 319 g/mol. The van der Waals surface area contributed by atoms with E-state index in [1.807, 2.05) is 30.3 Å². The van der Waals surface area contributed by atoms with Crippen molar-refractivity contribution in [2.24, 2.45) is 0 Å². The van der Waals surface area contributed by atoms with E-state index < -0.39 is 0 Å². The Balaban J connectivity index is 1.45. The van der Waals surface area contributed by atoms with Gasteiger partial charge in [-0.05, 0) is 12.8 Å². The molecular weight excluding hydrogens is 302 g/mol. The van der Waals surface area contributed by atoms with Crippen LogP contribution in [0.1, 0.15) is 12.8 Å². The van der Waals surface area contributed by atoms with Gasteiger partial charge in [0.2, 0.25) is 11.7 Å². The van der Waals surface area contributed by atoms with E-state index in [1.54, 1.807) is 0 Å². The lowest BCUT2D eigenvalue weighted by Gasteiger charge is -2.09. The summed E-state index contributed by atoms with van der Waals surface area (Å²) in [6.07, 6.45) is 2.24. The third-order valence-corrected chi connectivity index (χ3v) is 4.14. The SMILES string of the molecule is O=C(CSc1nc(-c2ccccc2)no1)NCC1CCCO1. The molecule has 3 rings (SSSR count). The summed E-state index contributed by atoms with van der Waals surface area (Å²) in [5.41, 5.74) is 0.890. The summed E-state index contributed by atoms with van der Waals surface area (Å²) < 4.78 is 10.6. The number of carbonyl (C=O) groups is 1. The van der Waals surface area contributed by atoms with Crippen molar-refractivity contribution < 1.29 is 14.1 Å². The van der Waals surface area contributed by atoms with Gasteiger partial charge in [0.25, 0.3) is 5.22 Å². The molecule has 116 valence electrons. The highest BCUT2D eigenvalue weighted by Gasteiger charge is 2.16. The fourth-order valence-corrected chi connectivity index (χ4v) is 2.78. The minimum absolute atomic E-state index is 0.0556. The van der Waals surface area contributed by atoms with Gasteiger partial charge in [-0.25, -0.2) is 0 Å². The van der Waals surface area contributed by atoms with E-state index in [0.29, 0.717) is 17.6 Å². The lowest BCUT2D eigenvalue weighted by Crippen LogP contribution is -2.32. The van der Waals surface area contributed by atoms with Crippen molar-refractivity contribution in [3.05, 3.63) is 30.3 Å². The molecule has 1 aliphatic rings. The molecule has 0 bridgehead atoms. The molecule has 1 aromatic carbocycles. The van der Waals surface area contributed by atoms with Crippen LogP contribution >= 0.6 is 11.8 Å². The smallest absolute Gasteiger partial charge is 0.286 e. The number of carbonyl (C=O) groups excluding carboxylic acids is 1. The number of rotatable bonds is 6. The summed E-state index contributed by atoms with van der Waals surface area (Å²) in [4.78, 5) is 16.0. The third-order valence-electron chi connectivity index (χ3n) is 3.32. The molecule has 7 heteroatoms. The quantitative estimate of drug-likeness (QED) is 0.822. The molecule has 1 fully saturated rings. The average Bonchev–Trinajstić information content (AvgIpc) is 3.23. The highest BCUT2D eigenvalue weighted by Crippen LogP contribution is 2.20. The number of ether oxygens (including phenoxy) is 1. The molecule has 2 heterocycles. The molecular formula is C15H17N3O3S. The van der Waals surface area contributed by atoms with Crippen molar-refractivity contribution in [1.29, 1.82) is 0 Å². The van der Waals surface area contributed by atoms with E-state index in [1.165, 1.54) is 11.8 Å². The summed E-state index contributed by atoms with van der Waals surface area (Å²) in [5.74, 6) is 0.728. The second-order valence-electron chi connectivity index (χ2n) is 4.98. The van der Waals surface area contributed by atoms with Crippen LogP contribution in [0.2, 0.25) is 0 Å². The molecule has 0 spiro atoms. The zero-order valence-electron chi connectivity index (χ0n) is 12.0. The second-order valence-corrected chi connectivity index (χ2v) is 5.90. The molecule has 1 amide bonds. The fourth-order valence-electron chi connectivity index (χ4n) is 2.18. The lowest BCUT2D eigenvalue weighted by molar-refractivity contribution is -0.119. The van der Waals surface area contributed by atoms with Crippen molar-refractivity contribution in [3.8, 4) is 11.4 Å². The normalized spacial score (nSPS) is 17.5. The van der Waals surface area contributed by atoms with E-state index in [4.69, 9.17) is 9.26 Å². The molecule has 1 saturated heterocycles. The highest BCUT2D eigenvalue weighted by atomic mass is 32.2. The van der Waals surface area contributed by atoms with Crippen LogP contribution in [0.5, 0.6) is 0 Å². The number of amides is 1. The Morgan fingerprint density at radius 2 is 2.23 bits per heavy atom. The Bertz CT molecular complexity index is 612. The van der Waals surface area contributed by atoms with Crippen molar-refractivity contribution in [1.82, 2.24) is 15.5 Å². The predicted molar refractivity (Wildman–Crippen MR) is 82.4 cm³/mol. The predicted octanol–water partition coefficient (Wildman–Crippen LogP) is 2.12. The third kappa shape index (κ3) is 4.08. The first kappa shape index (κ1) is 15.1. The number of nitrogens with zero attached hydrogens (tertiary/aromatic N) is 2. The van der Waals surface area contributed by atoms with Crippen molar-refractivity contribution in [3.63, 3.8) is 0 Å². The minimum atomic E-state index is -0.0556. The Morgan fingerprint density at radius 3 is 3.00 bits per heavy atom. The molecule has 22 heavy (non-hydrogen) atoms. The number of hydrogen-bond donors (Lipinski definition) is 1. The Labute approximate surface area is 132 Å². The molecule has 6 nitrogen and oxygen atoms in total. The molecule has 1 unspecified atom stereocenters. The Hall–Kier alpha value is -1.86. The van der Waals surface area contributed by atoms with E-state index in [2.05, 4.69) is 15.5 Å². The molecule has 0 saturated carbocycles. The fraction of sp³-hybridized carbons (Fsp3) is 0.400. The largest absolute Gasteiger partial charge is 0.376 e. The van der Waals surface area contributed by atoms with Crippen LogP contribution in [0.25, 0.3) is 11.4 Å². The molecule has 1 aliphatic heterocycles. The first-order valence-electron chi connectivity index (χ1n) is 7.21. The molecule has 1 atom stereocenters. The van der Waals surface area contributed by atoms with E-state index in [9.17, 15) is 4.79 Å². The first-order valence-corrected chi connectivity index (χ1v) is 8.20. The van der Waals surface area contributed by atoms with E-state index in [-0.39, 0.29) is 17.8 Å². The molecule has 0 radical (unpaired) electrons. The van der Waals surface area contributed by atoms with Crippen LogP contribution in [-0.4, -0.2) is 41.1 Å². The van der Waals surface area contributed by atoms with Crippen LogP contribution < -0.4 is 5.32 Å². The van der Waals surface area contributed by atoms with Gasteiger partial charge in [-0.15, -0.1) is 0 Å². The van der Waals surface area contributed by atoms with Gasteiger partial charge in [-0.3, -0.25) is 4.79 Å². The van der Waals surface area contributed by atoms with Crippen LogP contribution in [0.4, 0.5) is 0 Å². The Morgan fingerprint density at radius 1 is 1.36 bits per heavy atom. The number of nitrogens with one attached hydrogen (secondary N) is 1. The first-order chi connectivity index (χ1) is 10.8. The van der Waals surface area contributed by atoms with Crippen molar-refractivity contribution in [2.45, 2.75) is 24.2 Å². The molecule has 0 aliphatic carbocycles. The highest BCUT2D eigenvalue weighted by molar-refractivity contribution is 7.99. The number of aromatic nitrogens is 2. The number of hydrogen-bond acceptors (Lipinski definition) is 6. The maximum absolute atomic E-state index is 11.8. The van der Waals surface area contributed by atoms with Gasteiger partial charge in [-0.1, -0.05) is 47.3 Å². The van der Waals surface area contributed by atoms with Crippen LogP contribution in [0.3, 0.4) is 0 Å². The zero-order valence-corrected chi connectivity index (χ0v) is 12.8. The van der Waals surface area contributed by atoms with Crippen molar-refractivity contribution in [2.75, 3.05) is 18.9 Å². The van der Waals surface area contributed by atoms with Crippen LogP contribution in [-0.2, 0) is 9.53 Å². The van der Waals surface area contributed by atoms with E-state index in [0.717, 1.165) is 25.0 Å². The summed E-state index contributed by atoms with van der Waals surface area (Å²) in [7, 11) is 0. The van der Waals surface area contributed by atoms with Gasteiger partial charge in [0.15, 0.2) is 0 Å².